The Balaban J connectivity index is 1.83. The summed E-state index contributed by atoms with van der Waals surface area (Å²) in [7, 11) is 0. The van der Waals surface area contributed by atoms with E-state index in [-0.39, 0.29) is 0 Å². The molecular weight excluding hydrogens is 460 g/mol. The third-order valence-electron chi connectivity index (χ3n) is 5.67. The quantitative estimate of drug-likeness (QED) is 0.166. The lowest BCUT2D eigenvalue weighted by Crippen LogP contribution is -2.66. The summed E-state index contributed by atoms with van der Waals surface area (Å²) < 4.78 is 25.9. The molecule has 16 nitrogen and oxygen atoms in total. The van der Waals surface area contributed by atoms with Gasteiger partial charge in [-0.05, 0) is 0 Å². The van der Waals surface area contributed by atoms with E-state index in [9.17, 15) is 55.9 Å². The Hall–Kier alpha value is -1.09. The number of aliphatic carboxylic acids is 1. The molecule has 33 heavy (non-hydrogen) atoms. The number of carboxylic acid groups (broad SMARTS) is 1. The fourth-order valence-electron chi connectivity index (χ4n) is 3.73. The molecule has 0 spiro atoms. The van der Waals surface area contributed by atoms with Crippen molar-refractivity contribution in [2.75, 3.05) is 13.2 Å². The van der Waals surface area contributed by atoms with Crippen molar-refractivity contribution in [1.82, 2.24) is 0 Å². The maximum atomic E-state index is 11.4. The molecule has 0 aliphatic carbocycles. The van der Waals surface area contributed by atoms with Gasteiger partial charge in [-0.15, -0.1) is 0 Å². The van der Waals surface area contributed by atoms with Gasteiger partial charge in [-0.1, -0.05) is 0 Å². The van der Waals surface area contributed by atoms with E-state index >= 15 is 0 Å². The van der Waals surface area contributed by atoms with Crippen LogP contribution in [-0.4, -0.2) is 156 Å². The lowest BCUT2D eigenvalue weighted by Gasteiger charge is -2.47. The highest BCUT2D eigenvalue weighted by molar-refractivity contribution is 5.73. The molecule has 3 fully saturated rings. The van der Waals surface area contributed by atoms with E-state index in [4.69, 9.17) is 23.7 Å². The van der Waals surface area contributed by atoms with E-state index in [1.54, 1.807) is 0 Å². The van der Waals surface area contributed by atoms with Gasteiger partial charge in [0.05, 0.1) is 13.2 Å². The largest absolute Gasteiger partial charge is 0.479 e. The first-order chi connectivity index (χ1) is 15.5. The Morgan fingerprint density at radius 2 is 1.36 bits per heavy atom. The summed E-state index contributed by atoms with van der Waals surface area (Å²) in [6, 6.07) is 0. The van der Waals surface area contributed by atoms with Crippen molar-refractivity contribution < 1.29 is 79.5 Å². The molecule has 0 saturated carbocycles. The van der Waals surface area contributed by atoms with Crippen molar-refractivity contribution in [1.29, 1.82) is 0 Å². The summed E-state index contributed by atoms with van der Waals surface area (Å²) in [6.07, 6.45) is -25.3. The fourth-order valence-corrected chi connectivity index (χ4v) is 3.73. The van der Waals surface area contributed by atoms with E-state index in [1.165, 1.54) is 0 Å². The maximum absolute atomic E-state index is 11.4. The Morgan fingerprint density at radius 3 is 1.97 bits per heavy atom. The van der Waals surface area contributed by atoms with Crippen LogP contribution in [0.15, 0.2) is 0 Å². The molecule has 0 bridgehead atoms. The minimum atomic E-state index is -2.12. The molecule has 3 heterocycles. The van der Waals surface area contributed by atoms with Crippen molar-refractivity contribution in [2.45, 2.75) is 86.0 Å². The minimum absolute atomic E-state index is 0.495. The normalized spacial score (nSPS) is 51.3. The van der Waals surface area contributed by atoms with Gasteiger partial charge in [-0.3, -0.25) is 0 Å². The summed E-state index contributed by atoms with van der Waals surface area (Å²) in [4.78, 5) is 11.4. The van der Waals surface area contributed by atoms with E-state index in [2.05, 4.69) is 0 Å². The van der Waals surface area contributed by atoms with Crippen molar-refractivity contribution in [3.8, 4) is 0 Å². The predicted molar refractivity (Wildman–Crippen MR) is 95.8 cm³/mol. The van der Waals surface area contributed by atoms with Gasteiger partial charge in [-0.2, -0.15) is 0 Å². The third-order valence-corrected chi connectivity index (χ3v) is 5.67. The first kappa shape index (κ1) is 26.5. The monoisotopic (exact) mass is 488 g/mol. The van der Waals surface area contributed by atoms with E-state index in [1.807, 2.05) is 0 Å². The topological polar surface area (TPSA) is 266 Å². The molecule has 14 atom stereocenters. The molecule has 3 aliphatic rings. The van der Waals surface area contributed by atoms with Gasteiger partial charge < -0.3 is 74.7 Å². The molecule has 0 aromatic rings. The molecule has 0 aromatic carbocycles. The van der Waals surface area contributed by atoms with Crippen LogP contribution in [0.25, 0.3) is 0 Å². The molecule has 3 rings (SSSR count). The van der Waals surface area contributed by atoms with Crippen molar-refractivity contribution in [2.24, 2.45) is 0 Å². The Bertz CT molecular complexity index is 663. The fraction of sp³-hybridized carbons (Fsp3) is 0.941. The van der Waals surface area contributed by atoms with Crippen LogP contribution in [0.5, 0.6) is 0 Å². The summed E-state index contributed by atoms with van der Waals surface area (Å²) in [6.45, 7) is -1.29. The van der Waals surface area contributed by atoms with Crippen LogP contribution in [-0.2, 0) is 28.5 Å². The first-order valence-corrected chi connectivity index (χ1v) is 9.99. The molecular formula is C17H28O16. The molecule has 3 aliphatic heterocycles. The van der Waals surface area contributed by atoms with Gasteiger partial charge in [0.15, 0.2) is 25.0 Å². The maximum Gasteiger partial charge on any atom is 0.335 e. The van der Waals surface area contributed by atoms with Crippen LogP contribution in [0.1, 0.15) is 0 Å². The Morgan fingerprint density at radius 1 is 0.758 bits per heavy atom. The third kappa shape index (κ3) is 5.29. The lowest BCUT2D eigenvalue weighted by molar-refractivity contribution is -0.379. The van der Waals surface area contributed by atoms with Gasteiger partial charge in [-0.25, -0.2) is 4.79 Å². The zero-order chi connectivity index (χ0) is 24.6. The summed E-state index contributed by atoms with van der Waals surface area (Å²) in [5.74, 6) is -1.69. The van der Waals surface area contributed by atoms with E-state index < -0.39 is 105 Å². The molecule has 10 N–H and O–H groups in total. The second-order valence-electron chi connectivity index (χ2n) is 7.93. The smallest absolute Gasteiger partial charge is 0.335 e. The van der Waals surface area contributed by atoms with Crippen LogP contribution in [0.4, 0.5) is 0 Å². The molecule has 0 amide bonds. The van der Waals surface area contributed by atoms with Gasteiger partial charge in [0.2, 0.25) is 0 Å². The van der Waals surface area contributed by atoms with Gasteiger partial charge in [0.1, 0.15) is 61.0 Å². The lowest BCUT2D eigenvalue weighted by atomic mass is 9.96. The summed E-state index contributed by atoms with van der Waals surface area (Å²) in [5.41, 5.74) is 0. The molecule has 3 saturated heterocycles. The number of hydrogen-bond donors (Lipinski definition) is 10. The predicted octanol–water partition coefficient (Wildman–Crippen LogP) is -6.84. The molecule has 0 radical (unpaired) electrons. The van der Waals surface area contributed by atoms with Crippen LogP contribution < -0.4 is 0 Å². The van der Waals surface area contributed by atoms with Crippen LogP contribution >= 0.6 is 0 Å². The molecule has 192 valence electrons. The number of aliphatic hydroxyl groups is 9. The van der Waals surface area contributed by atoms with Crippen molar-refractivity contribution in [3.63, 3.8) is 0 Å². The standard InChI is InChI=1S/C17H28O16/c18-1-4-6(21)7(22)9(24)17(30-4)33-13-11(10(25)12(14(26)27)31-15(13)28)32-16-8(23)5(20)3(19)2-29-16/h3-13,15-25,28H,1-2H2,(H,26,27)/t3-,4?,5?,6+,7?,8+,9+,10+,11?,12?,13+,15-,16+,17+/m1/s1. The minimum Gasteiger partial charge on any atom is -0.479 e. The zero-order valence-electron chi connectivity index (χ0n) is 16.9. The van der Waals surface area contributed by atoms with Crippen LogP contribution in [0.2, 0.25) is 0 Å². The highest BCUT2D eigenvalue weighted by Gasteiger charge is 2.54. The highest BCUT2D eigenvalue weighted by Crippen LogP contribution is 2.32. The Kier molecular flexibility index (Phi) is 8.57. The van der Waals surface area contributed by atoms with Crippen molar-refractivity contribution >= 4 is 5.97 Å². The molecule has 16 heteroatoms. The number of rotatable bonds is 6. The van der Waals surface area contributed by atoms with Gasteiger partial charge in [0.25, 0.3) is 0 Å². The number of aliphatic hydroxyl groups excluding tert-OH is 9. The average molecular weight is 488 g/mol. The molecule has 0 aromatic heterocycles. The summed E-state index contributed by atoms with van der Waals surface area (Å²) in [5, 5.41) is 98.8. The number of carboxylic acids is 1. The zero-order valence-corrected chi connectivity index (χ0v) is 16.9. The first-order valence-electron chi connectivity index (χ1n) is 9.99. The van der Waals surface area contributed by atoms with E-state index in [0.717, 1.165) is 0 Å². The van der Waals surface area contributed by atoms with E-state index in [0.29, 0.717) is 0 Å². The van der Waals surface area contributed by atoms with Crippen LogP contribution in [0, 0.1) is 0 Å². The highest BCUT2D eigenvalue weighted by atomic mass is 16.8. The summed E-state index contributed by atoms with van der Waals surface area (Å²) >= 11 is 0. The second-order valence-corrected chi connectivity index (χ2v) is 7.93. The number of hydrogen-bond acceptors (Lipinski definition) is 15. The Labute approximate surface area is 185 Å². The molecule has 5 unspecified atom stereocenters. The van der Waals surface area contributed by atoms with Crippen LogP contribution in [0.3, 0.4) is 0 Å². The van der Waals surface area contributed by atoms with Gasteiger partial charge in [0, 0.05) is 0 Å². The van der Waals surface area contributed by atoms with Crippen molar-refractivity contribution in [3.05, 3.63) is 0 Å². The second kappa shape index (κ2) is 10.7. The number of ether oxygens (including phenoxy) is 5. The average Bonchev–Trinajstić information content (AvgIpc) is 2.77. The SMILES string of the molecule is O=C(O)C1O[C@@H](O)[C@@H](O[C@@H]2OC(CO)[C@H](O)C(O)[C@@H]2O)C(O[C@@H]2OC[C@@H](O)C(O)[C@@H]2O)[C@@H]1O. The number of carbonyl (C=O) groups is 1. The van der Waals surface area contributed by atoms with Gasteiger partial charge >= 0.3 is 5.97 Å².